The molecule has 7 nitrogen and oxygen atoms in total. The van der Waals surface area contributed by atoms with E-state index in [-0.39, 0.29) is 11.3 Å². The molecule has 0 aliphatic carbocycles. The second-order valence-electron chi connectivity index (χ2n) is 9.79. The Hall–Kier alpha value is -4.23. The number of aliphatic hydroxyl groups excluding tert-OH is 1. The number of ketones is 1. The third-order valence-corrected chi connectivity index (χ3v) is 7.83. The van der Waals surface area contributed by atoms with E-state index in [1.165, 1.54) is 12.0 Å². The number of carbonyl (C=O) groups is 2. The van der Waals surface area contributed by atoms with E-state index in [0.29, 0.717) is 33.0 Å². The molecule has 1 unspecified atom stereocenters. The van der Waals surface area contributed by atoms with Gasteiger partial charge >= 0.3 is 0 Å². The van der Waals surface area contributed by atoms with Gasteiger partial charge in [0.15, 0.2) is 22.9 Å². The molecule has 1 aliphatic heterocycles. The number of rotatable bonds is 8. The number of carbonyl (C=O) groups excluding carboxylic acids is 2. The zero-order valence-electron chi connectivity index (χ0n) is 23.1. The Morgan fingerprint density at radius 2 is 1.77 bits per heavy atom. The molecular weight excluding hydrogens is 528 g/mol. The minimum absolute atomic E-state index is 0.0301. The van der Waals surface area contributed by atoms with Gasteiger partial charge < -0.3 is 19.2 Å². The Morgan fingerprint density at radius 3 is 2.42 bits per heavy atom. The molecule has 0 fully saturated rings. The van der Waals surface area contributed by atoms with Crippen molar-refractivity contribution in [2.24, 2.45) is 0 Å². The van der Waals surface area contributed by atoms with Gasteiger partial charge in [-0.15, -0.1) is 0 Å². The first kappa shape index (κ1) is 27.3. The van der Waals surface area contributed by atoms with Crippen LogP contribution < -0.4 is 14.5 Å². The Balaban J connectivity index is 1.67. The van der Waals surface area contributed by atoms with E-state index >= 15 is 0 Å². The highest BCUT2D eigenvalue weighted by molar-refractivity contribution is 6.31. The van der Waals surface area contributed by atoms with Crippen LogP contribution in [-0.4, -0.2) is 37.0 Å². The fourth-order valence-corrected chi connectivity index (χ4v) is 5.55. The Kier molecular flexibility index (Phi) is 7.34. The summed E-state index contributed by atoms with van der Waals surface area (Å²) in [7, 11) is 1.49. The fraction of sp³-hybridized carbons (Fsp3) is 0.250. The van der Waals surface area contributed by atoms with Crippen molar-refractivity contribution >= 4 is 45.6 Å². The number of aryl methyl sites for hydroxylation is 1. The van der Waals surface area contributed by atoms with Crippen LogP contribution in [0.2, 0.25) is 5.02 Å². The molecule has 206 valence electrons. The van der Waals surface area contributed by atoms with Gasteiger partial charge in [-0.05, 0) is 74.7 Å². The van der Waals surface area contributed by atoms with Crippen LogP contribution >= 0.6 is 11.6 Å². The van der Waals surface area contributed by atoms with Crippen molar-refractivity contribution in [2.75, 3.05) is 30.0 Å². The maximum absolute atomic E-state index is 14.1. The lowest BCUT2D eigenvalue weighted by atomic mass is 9.94. The van der Waals surface area contributed by atoms with Gasteiger partial charge in [-0.3, -0.25) is 14.5 Å². The van der Waals surface area contributed by atoms with Gasteiger partial charge in [0.05, 0.1) is 18.7 Å². The van der Waals surface area contributed by atoms with Crippen molar-refractivity contribution < 1.29 is 23.8 Å². The van der Waals surface area contributed by atoms with Crippen molar-refractivity contribution in [1.82, 2.24) is 0 Å². The molecule has 5 rings (SSSR count). The van der Waals surface area contributed by atoms with Crippen LogP contribution in [0.5, 0.6) is 5.75 Å². The van der Waals surface area contributed by atoms with Crippen LogP contribution in [0.4, 0.5) is 11.4 Å². The maximum atomic E-state index is 14.1. The molecule has 8 heteroatoms. The SMILES string of the molecule is CCN(CC)c1ccc(C2C(C(=O)c3cc4cc(Cl)cc(OC)c4o3)=C(O)C(=O)N2c2cccc(C)c2C)cc1. The number of anilines is 2. The van der Waals surface area contributed by atoms with E-state index in [4.69, 9.17) is 20.8 Å². The second-order valence-corrected chi connectivity index (χ2v) is 10.2. The second kappa shape index (κ2) is 10.7. The van der Waals surface area contributed by atoms with Gasteiger partial charge in [0.1, 0.15) is 0 Å². The summed E-state index contributed by atoms with van der Waals surface area (Å²) < 4.78 is 11.3. The van der Waals surface area contributed by atoms with Gasteiger partial charge in [-0.25, -0.2) is 0 Å². The van der Waals surface area contributed by atoms with Crippen molar-refractivity contribution in [1.29, 1.82) is 0 Å². The number of aliphatic hydroxyl groups is 1. The predicted octanol–water partition coefficient (Wildman–Crippen LogP) is 7.34. The van der Waals surface area contributed by atoms with Crippen molar-refractivity contribution in [3.8, 4) is 5.75 Å². The van der Waals surface area contributed by atoms with Crippen molar-refractivity contribution in [3.05, 3.63) is 99.5 Å². The third-order valence-electron chi connectivity index (χ3n) is 7.62. The van der Waals surface area contributed by atoms with Gasteiger partial charge in [0, 0.05) is 40.9 Å². The summed E-state index contributed by atoms with van der Waals surface area (Å²) in [4.78, 5) is 31.4. The number of halogens is 1. The summed E-state index contributed by atoms with van der Waals surface area (Å²) in [6.45, 7) is 9.74. The number of furan rings is 1. The topological polar surface area (TPSA) is 83.2 Å². The molecule has 0 spiro atoms. The first-order chi connectivity index (χ1) is 19.2. The molecule has 0 saturated heterocycles. The summed E-state index contributed by atoms with van der Waals surface area (Å²) in [5.74, 6) is -1.49. The van der Waals surface area contributed by atoms with E-state index in [1.54, 1.807) is 18.2 Å². The number of hydrogen-bond donors (Lipinski definition) is 1. The van der Waals surface area contributed by atoms with E-state index in [2.05, 4.69) is 18.7 Å². The lowest BCUT2D eigenvalue weighted by Gasteiger charge is -2.29. The average molecular weight is 559 g/mol. The van der Waals surface area contributed by atoms with Crippen LogP contribution in [0.25, 0.3) is 11.0 Å². The zero-order valence-corrected chi connectivity index (χ0v) is 23.9. The van der Waals surface area contributed by atoms with E-state index in [1.807, 2.05) is 56.3 Å². The number of Topliss-reactive ketones (excluding diaryl/α,β-unsaturated/α-hetero) is 1. The molecule has 1 atom stereocenters. The Bertz CT molecular complexity index is 1650. The summed E-state index contributed by atoms with van der Waals surface area (Å²) in [5.41, 5.74) is 4.51. The standard InChI is InChI=1S/C32H31ClN2O5/c1-6-34(7-2)23-13-11-20(12-14-23)28-27(30(37)32(38)35(28)24-10-8-9-18(3)19(24)4)29(36)25-16-21-15-22(33)17-26(39-5)31(21)40-25/h8-17,28,37H,6-7H2,1-5H3. The number of benzene rings is 3. The number of ether oxygens (including phenoxy) is 1. The predicted molar refractivity (Wildman–Crippen MR) is 158 cm³/mol. The summed E-state index contributed by atoms with van der Waals surface area (Å²) >= 11 is 6.22. The summed E-state index contributed by atoms with van der Waals surface area (Å²) in [6.07, 6.45) is 0. The zero-order chi connectivity index (χ0) is 28.7. The molecule has 4 aromatic rings. The maximum Gasteiger partial charge on any atom is 0.294 e. The van der Waals surface area contributed by atoms with Crippen LogP contribution in [0.1, 0.15) is 47.1 Å². The molecular formula is C32H31ClN2O5. The highest BCUT2D eigenvalue weighted by Crippen LogP contribution is 2.44. The van der Waals surface area contributed by atoms with Crippen LogP contribution in [-0.2, 0) is 4.79 Å². The normalized spacial score (nSPS) is 15.3. The number of fused-ring (bicyclic) bond motifs is 1. The fourth-order valence-electron chi connectivity index (χ4n) is 5.34. The Labute approximate surface area is 238 Å². The number of nitrogens with zero attached hydrogens (tertiary/aromatic N) is 2. The van der Waals surface area contributed by atoms with E-state index in [0.717, 1.165) is 29.9 Å². The minimum atomic E-state index is -0.870. The highest BCUT2D eigenvalue weighted by Gasteiger charge is 2.46. The first-order valence-electron chi connectivity index (χ1n) is 13.2. The summed E-state index contributed by atoms with van der Waals surface area (Å²) in [6, 6.07) is 17.3. The molecule has 1 aromatic heterocycles. The first-order valence-corrected chi connectivity index (χ1v) is 13.6. The third kappa shape index (κ3) is 4.50. The molecule has 1 aliphatic rings. The largest absolute Gasteiger partial charge is 0.503 e. The molecule has 1 N–H and O–H groups in total. The molecule has 0 bridgehead atoms. The quantitative estimate of drug-likeness (QED) is 0.228. The number of methoxy groups -OCH3 is 1. The molecule has 40 heavy (non-hydrogen) atoms. The molecule has 3 aromatic carbocycles. The van der Waals surface area contributed by atoms with Gasteiger partial charge in [0.25, 0.3) is 5.91 Å². The van der Waals surface area contributed by atoms with Gasteiger partial charge in [0.2, 0.25) is 5.78 Å². The number of hydrogen-bond acceptors (Lipinski definition) is 6. The van der Waals surface area contributed by atoms with Crippen LogP contribution in [0.3, 0.4) is 0 Å². The van der Waals surface area contributed by atoms with Gasteiger partial charge in [-0.1, -0.05) is 35.9 Å². The lowest BCUT2D eigenvalue weighted by Crippen LogP contribution is -2.31. The van der Waals surface area contributed by atoms with Gasteiger partial charge in [-0.2, -0.15) is 0 Å². The summed E-state index contributed by atoms with van der Waals surface area (Å²) in [5, 5.41) is 12.2. The van der Waals surface area contributed by atoms with E-state index < -0.39 is 23.5 Å². The smallest absolute Gasteiger partial charge is 0.294 e. The highest BCUT2D eigenvalue weighted by atomic mass is 35.5. The molecule has 2 heterocycles. The van der Waals surface area contributed by atoms with Crippen molar-refractivity contribution in [2.45, 2.75) is 33.7 Å². The lowest BCUT2D eigenvalue weighted by molar-refractivity contribution is -0.117. The molecule has 1 amide bonds. The average Bonchev–Trinajstić information content (AvgIpc) is 3.49. The van der Waals surface area contributed by atoms with Crippen molar-refractivity contribution in [3.63, 3.8) is 0 Å². The van der Waals surface area contributed by atoms with E-state index in [9.17, 15) is 14.7 Å². The minimum Gasteiger partial charge on any atom is -0.503 e. The molecule has 0 radical (unpaired) electrons. The van der Waals surface area contributed by atoms with Crippen LogP contribution in [0, 0.1) is 13.8 Å². The Morgan fingerprint density at radius 1 is 1.07 bits per heavy atom. The monoisotopic (exact) mass is 558 g/mol. The number of amides is 1. The van der Waals surface area contributed by atoms with Crippen LogP contribution in [0.15, 0.2) is 76.4 Å². The molecule has 0 saturated carbocycles.